The van der Waals surface area contributed by atoms with Gasteiger partial charge in [0.25, 0.3) is 0 Å². The summed E-state index contributed by atoms with van der Waals surface area (Å²) < 4.78 is 5.23. The molecule has 0 bridgehead atoms. The Hall–Kier alpha value is -0.760. The van der Waals surface area contributed by atoms with Crippen LogP contribution in [0, 0.1) is 0 Å². The van der Waals surface area contributed by atoms with Crippen molar-refractivity contribution >= 4 is 11.6 Å². The minimum Gasteiger partial charge on any atom is -0.481 e. The molecular weight excluding hydrogens is 234 g/mol. The minimum atomic E-state index is 0.494. The van der Waals surface area contributed by atoms with E-state index in [-0.39, 0.29) is 0 Å². The van der Waals surface area contributed by atoms with Crippen molar-refractivity contribution in [3.63, 3.8) is 0 Å². The summed E-state index contributed by atoms with van der Waals surface area (Å²) in [6.07, 6.45) is 8.85. The second-order valence-electron chi connectivity index (χ2n) is 4.32. The van der Waals surface area contributed by atoms with Crippen molar-refractivity contribution in [3.8, 4) is 5.88 Å². The zero-order chi connectivity index (χ0) is 12.5. The summed E-state index contributed by atoms with van der Waals surface area (Å²) in [6.45, 7) is 2.24. The summed E-state index contributed by atoms with van der Waals surface area (Å²) in [5, 5.41) is 0.494. The molecule has 0 spiro atoms. The van der Waals surface area contributed by atoms with Gasteiger partial charge >= 0.3 is 0 Å². The van der Waals surface area contributed by atoms with E-state index in [4.69, 9.17) is 16.3 Å². The molecule has 1 aromatic heterocycles. The molecule has 96 valence electrons. The van der Waals surface area contributed by atoms with Crippen LogP contribution >= 0.6 is 11.6 Å². The number of aryl methyl sites for hydroxylation is 1. The van der Waals surface area contributed by atoms with E-state index in [0.717, 1.165) is 12.0 Å². The molecule has 3 heteroatoms. The molecule has 0 atom stereocenters. The number of unbranched alkanes of at least 4 members (excludes halogenated alkanes) is 5. The maximum Gasteiger partial charge on any atom is 0.217 e. The quantitative estimate of drug-likeness (QED) is 0.498. The molecule has 0 aliphatic heterocycles. The summed E-state index contributed by atoms with van der Waals surface area (Å²) in [6, 6.07) is 3.84. The lowest BCUT2D eigenvalue weighted by molar-refractivity contribution is 0.391. The van der Waals surface area contributed by atoms with Crippen molar-refractivity contribution in [2.24, 2.45) is 0 Å². The first-order chi connectivity index (χ1) is 8.27. The van der Waals surface area contributed by atoms with Crippen molar-refractivity contribution < 1.29 is 4.74 Å². The Morgan fingerprint density at radius 2 is 1.82 bits per heavy atom. The fourth-order valence-corrected chi connectivity index (χ4v) is 2.05. The molecule has 0 unspecified atom stereocenters. The van der Waals surface area contributed by atoms with Crippen molar-refractivity contribution in [3.05, 3.63) is 22.8 Å². The van der Waals surface area contributed by atoms with Crippen LogP contribution in [0.25, 0.3) is 0 Å². The lowest BCUT2D eigenvalue weighted by Crippen LogP contribution is -1.95. The third-order valence-corrected chi connectivity index (χ3v) is 3.11. The van der Waals surface area contributed by atoms with E-state index in [1.54, 1.807) is 7.11 Å². The summed E-state index contributed by atoms with van der Waals surface area (Å²) >= 11 is 5.82. The average molecular weight is 256 g/mol. The predicted molar refractivity (Wildman–Crippen MR) is 72.9 cm³/mol. The first kappa shape index (κ1) is 14.3. The van der Waals surface area contributed by atoms with E-state index < -0.39 is 0 Å². The molecule has 0 saturated carbocycles. The van der Waals surface area contributed by atoms with Crippen molar-refractivity contribution in [1.29, 1.82) is 0 Å². The zero-order valence-electron chi connectivity index (χ0n) is 10.8. The normalized spacial score (nSPS) is 10.5. The lowest BCUT2D eigenvalue weighted by atomic mass is 10.1. The van der Waals surface area contributed by atoms with Gasteiger partial charge in [0.1, 0.15) is 5.15 Å². The highest BCUT2D eigenvalue weighted by Gasteiger charge is 2.04. The van der Waals surface area contributed by atoms with Gasteiger partial charge in [-0.15, -0.1) is 0 Å². The number of hydrogen-bond acceptors (Lipinski definition) is 2. The molecular formula is C14H22ClNO. The van der Waals surface area contributed by atoms with Crippen molar-refractivity contribution in [2.75, 3.05) is 7.11 Å². The van der Waals surface area contributed by atoms with Crippen LogP contribution in [0.4, 0.5) is 0 Å². The molecule has 0 aliphatic carbocycles. The number of nitrogens with zero attached hydrogens (tertiary/aromatic N) is 1. The highest BCUT2D eigenvalue weighted by molar-refractivity contribution is 6.29. The van der Waals surface area contributed by atoms with Gasteiger partial charge in [0.15, 0.2) is 0 Å². The molecule has 2 nitrogen and oxygen atoms in total. The number of aromatic nitrogens is 1. The Morgan fingerprint density at radius 3 is 2.53 bits per heavy atom. The Kier molecular flexibility index (Phi) is 7.02. The predicted octanol–water partition coefficient (Wildman–Crippen LogP) is 4.65. The van der Waals surface area contributed by atoms with Gasteiger partial charge in [-0.3, -0.25) is 0 Å². The maximum absolute atomic E-state index is 5.82. The van der Waals surface area contributed by atoms with Gasteiger partial charge in [-0.1, -0.05) is 56.7 Å². The molecule has 1 heterocycles. The molecule has 0 radical (unpaired) electrons. The largest absolute Gasteiger partial charge is 0.481 e. The van der Waals surface area contributed by atoms with E-state index >= 15 is 0 Å². The number of rotatable bonds is 8. The van der Waals surface area contributed by atoms with Crippen LogP contribution in [-0.4, -0.2) is 12.1 Å². The highest BCUT2D eigenvalue weighted by atomic mass is 35.5. The third-order valence-electron chi connectivity index (χ3n) is 2.90. The van der Waals surface area contributed by atoms with Gasteiger partial charge < -0.3 is 4.74 Å². The number of methoxy groups -OCH3 is 1. The lowest BCUT2D eigenvalue weighted by Gasteiger charge is -2.07. The smallest absolute Gasteiger partial charge is 0.217 e. The molecule has 0 aliphatic rings. The molecule has 1 aromatic rings. The summed E-state index contributed by atoms with van der Waals surface area (Å²) in [5.41, 5.74) is 1.16. The minimum absolute atomic E-state index is 0.494. The molecule has 0 saturated heterocycles. The van der Waals surface area contributed by atoms with E-state index in [1.165, 1.54) is 38.5 Å². The monoisotopic (exact) mass is 255 g/mol. The fraction of sp³-hybridized carbons (Fsp3) is 0.643. The Bertz CT molecular complexity index is 328. The second kappa shape index (κ2) is 8.35. The van der Waals surface area contributed by atoms with Crippen LogP contribution in [0.2, 0.25) is 5.15 Å². The summed E-state index contributed by atoms with van der Waals surface area (Å²) in [4.78, 5) is 4.16. The SMILES string of the molecule is CCCCCCCCc1ccc(Cl)nc1OC. The molecule has 0 amide bonds. The van der Waals surface area contributed by atoms with E-state index in [9.17, 15) is 0 Å². The zero-order valence-corrected chi connectivity index (χ0v) is 11.6. The van der Waals surface area contributed by atoms with Gasteiger partial charge in [0, 0.05) is 5.56 Å². The Balaban J connectivity index is 2.31. The van der Waals surface area contributed by atoms with Crippen LogP contribution < -0.4 is 4.74 Å². The van der Waals surface area contributed by atoms with Crippen LogP contribution in [0.5, 0.6) is 5.88 Å². The Morgan fingerprint density at radius 1 is 1.12 bits per heavy atom. The van der Waals surface area contributed by atoms with Gasteiger partial charge in [0.05, 0.1) is 7.11 Å². The number of halogens is 1. The highest BCUT2D eigenvalue weighted by Crippen LogP contribution is 2.21. The van der Waals surface area contributed by atoms with Gasteiger partial charge in [-0.05, 0) is 18.9 Å². The van der Waals surface area contributed by atoms with Crippen LogP contribution in [0.1, 0.15) is 51.0 Å². The maximum atomic E-state index is 5.82. The Labute approximate surface area is 109 Å². The van der Waals surface area contributed by atoms with Gasteiger partial charge in [-0.25, -0.2) is 4.98 Å². The van der Waals surface area contributed by atoms with Gasteiger partial charge in [0.2, 0.25) is 5.88 Å². The summed E-state index contributed by atoms with van der Waals surface area (Å²) in [5.74, 6) is 0.672. The van der Waals surface area contributed by atoms with Crippen molar-refractivity contribution in [1.82, 2.24) is 4.98 Å². The van der Waals surface area contributed by atoms with Crippen LogP contribution in [0.15, 0.2) is 12.1 Å². The molecule has 0 aromatic carbocycles. The van der Waals surface area contributed by atoms with E-state index in [2.05, 4.69) is 11.9 Å². The van der Waals surface area contributed by atoms with Crippen LogP contribution in [0.3, 0.4) is 0 Å². The van der Waals surface area contributed by atoms with Crippen molar-refractivity contribution in [2.45, 2.75) is 51.9 Å². The van der Waals surface area contributed by atoms with E-state index in [1.807, 2.05) is 12.1 Å². The fourth-order valence-electron chi connectivity index (χ4n) is 1.91. The summed E-state index contributed by atoms with van der Waals surface area (Å²) in [7, 11) is 1.64. The van der Waals surface area contributed by atoms with Gasteiger partial charge in [-0.2, -0.15) is 0 Å². The number of hydrogen-bond donors (Lipinski definition) is 0. The molecule has 0 N–H and O–H groups in total. The molecule has 0 fully saturated rings. The van der Waals surface area contributed by atoms with E-state index in [0.29, 0.717) is 11.0 Å². The first-order valence-corrected chi connectivity index (χ1v) is 6.85. The number of ether oxygens (including phenoxy) is 1. The van der Waals surface area contributed by atoms with Crippen LogP contribution in [-0.2, 0) is 6.42 Å². The average Bonchev–Trinajstić information content (AvgIpc) is 2.35. The second-order valence-corrected chi connectivity index (χ2v) is 4.71. The topological polar surface area (TPSA) is 22.1 Å². The molecule has 17 heavy (non-hydrogen) atoms. The number of pyridine rings is 1. The molecule has 1 rings (SSSR count). The first-order valence-electron chi connectivity index (χ1n) is 6.47. The third kappa shape index (κ3) is 5.40. The standard InChI is InChI=1S/C14H22ClNO/c1-3-4-5-6-7-8-9-12-10-11-13(15)16-14(12)17-2/h10-11H,3-9H2,1-2H3.